The van der Waals surface area contributed by atoms with E-state index in [2.05, 4.69) is 5.43 Å². The van der Waals surface area contributed by atoms with Crippen molar-refractivity contribution in [1.82, 2.24) is 5.43 Å². The maximum Gasteiger partial charge on any atom is 0.177 e. The second-order valence-corrected chi connectivity index (χ2v) is 3.37. The minimum absolute atomic E-state index is 0.349. The molecular formula is C11H17FN2O3. The van der Waals surface area contributed by atoms with E-state index in [0.29, 0.717) is 11.3 Å². The first-order valence-corrected chi connectivity index (χ1v) is 5.03. The van der Waals surface area contributed by atoms with E-state index >= 15 is 0 Å². The summed E-state index contributed by atoms with van der Waals surface area (Å²) >= 11 is 0. The highest BCUT2D eigenvalue weighted by atomic mass is 19.1. The fourth-order valence-electron chi connectivity index (χ4n) is 1.57. The number of rotatable bonds is 6. The molecule has 1 aromatic carbocycles. The molecule has 6 heteroatoms. The Balaban J connectivity index is 3.03. The molecule has 0 bridgehead atoms. The third-order valence-corrected chi connectivity index (χ3v) is 2.46. The number of halogens is 1. The van der Waals surface area contributed by atoms with E-state index in [1.54, 1.807) is 12.1 Å². The molecule has 1 atom stereocenters. The average molecular weight is 244 g/mol. The Morgan fingerprint density at radius 1 is 1.24 bits per heavy atom. The number of hydrogen-bond donors (Lipinski definition) is 2. The van der Waals surface area contributed by atoms with Crippen molar-refractivity contribution < 1.29 is 18.6 Å². The number of hydrogen-bond acceptors (Lipinski definition) is 5. The predicted molar refractivity (Wildman–Crippen MR) is 60.8 cm³/mol. The van der Waals surface area contributed by atoms with Crippen molar-refractivity contribution in [2.45, 2.75) is 12.3 Å². The predicted octanol–water partition coefficient (Wildman–Crippen LogP) is 0.958. The minimum atomic E-state index is -0.678. The summed E-state index contributed by atoms with van der Waals surface area (Å²) in [5.41, 5.74) is 2.82. The highest BCUT2D eigenvalue weighted by molar-refractivity contribution is 5.31. The molecule has 0 radical (unpaired) electrons. The smallest absolute Gasteiger partial charge is 0.177 e. The fourth-order valence-corrected chi connectivity index (χ4v) is 1.57. The molecule has 0 aliphatic heterocycles. The van der Waals surface area contributed by atoms with Gasteiger partial charge in [0.15, 0.2) is 6.29 Å². The second kappa shape index (κ2) is 6.51. The van der Waals surface area contributed by atoms with Gasteiger partial charge in [0.2, 0.25) is 0 Å². The fraction of sp³-hybridized carbons (Fsp3) is 0.455. The molecule has 0 amide bonds. The first kappa shape index (κ1) is 13.9. The van der Waals surface area contributed by atoms with Crippen molar-refractivity contribution in [3.63, 3.8) is 0 Å². The monoisotopic (exact) mass is 244 g/mol. The molecule has 5 nitrogen and oxygen atoms in total. The lowest BCUT2D eigenvalue weighted by molar-refractivity contribution is -0.124. The molecule has 1 rings (SSSR count). The third kappa shape index (κ3) is 3.13. The SMILES string of the molecule is COc1ccc(C(NN)C(OC)OC)c(F)c1. The molecule has 3 N–H and O–H groups in total. The van der Waals surface area contributed by atoms with Crippen LogP contribution < -0.4 is 16.0 Å². The Morgan fingerprint density at radius 3 is 2.29 bits per heavy atom. The largest absolute Gasteiger partial charge is 0.497 e. The van der Waals surface area contributed by atoms with E-state index < -0.39 is 18.1 Å². The molecule has 0 spiro atoms. The molecule has 0 saturated heterocycles. The van der Waals surface area contributed by atoms with Crippen LogP contribution in [-0.4, -0.2) is 27.6 Å². The van der Waals surface area contributed by atoms with Gasteiger partial charge in [-0.25, -0.2) is 9.82 Å². The maximum absolute atomic E-state index is 13.8. The van der Waals surface area contributed by atoms with Gasteiger partial charge in [-0.2, -0.15) is 0 Å². The number of nitrogens with two attached hydrogens (primary N) is 1. The Hall–Kier alpha value is -1.21. The summed E-state index contributed by atoms with van der Waals surface area (Å²) in [6.07, 6.45) is -0.678. The van der Waals surface area contributed by atoms with E-state index in [0.717, 1.165) is 0 Å². The van der Waals surface area contributed by atoms with Crippen LogP contribution in [0.25, 0.3) is 0 Å². The van der Waals surface area contributed by atoms with Crippen LogP contribution in [0.5, 0.6) is 5.75 Å². The topological polar surface area (TPSA) is 65.7 Å². The zero-order valence-corrected chi connectivity index (χ0v) is 10.1. The molecular weight excluding hydrogens is 227 g/mol. The zero-order chi connectivity index (χ0) is 12.8. The van der Waals surface area contributed by atoms with Gasteiger partial charge in [-0.05, 0) is 6.07 Å². The molecule has 0 aliphatic carbocycles. The molecule has 0 fully saturated rings. The summed E-state index contributed by atoms with van der Waals surface area (Å²) in [5, 5.41) is 0. The van der Waals surface area contributed by atoms with Gasteiger partial charge in [0.05, 0.1) is 13.2 Å². The van der Waals surface area contributed by atoms with Crippen LogP contribution in [0, 0.1) is 5.82 Å². The van der Waals surface area contributed by atoms with E-state index in [1.165, 1.54) is 27.4 Å². The van der Waals surface area contributed by atoms with Crippen LogP contribution in [0.15, 0.2) is 18.2 Å². The molecule has 0 heterocycles. The summed E-state index contributed by atoms with van der Waals surface area (Å²) in [5.74, 6) is 5.39. The highest BCUT2D eigenvalue weighted by Gasteiger charge is 2.24. The molecule has 0 aromatic heterocycles. The molecule has 1 unspecified atom stereocenters. The van der Waals surface area contributed by atoms with Crippen LogP contribution in [0.1, 0.15) is 11.6 Å². The van der Waals surface area contributed by atoms with Crippen molar-refractivity contribution >= 4 is 0 Å². The molecule has 96 valence electrons. The van der Waals surface area contributed by atoms with Crippen LogP contribution in [0.3, 0.4) is 0 Å². The lowest BCUT2D eigenvalue weighted by Gasteiger charge is -2.24. The van der Waals surface area contributed by atoms with Crippen LogP contribution in [0.2, 0.25) is 0 Å². The van der Waals surface area contributed by atoms with Crippen LogP contribution in [-0.2, 0) is 9.47 Å². The van der Waals surface area contributed by atoms with Gasteiger partial charge in [-0.3, -0.25) is 5.84 Å². The van der Waals surface area contributed by atoms with Gasteiger partial charge in [0.25, 0.3) is 0 Å². The van der Waals surface area contributed by atoms with Gasteiger partial charge < -0.3 is 14.2 Å². The molecule has 0 saturated carbocycles. The first-order chi connectivity index (χ1) is 8.17. The standard InChI is InChI=1S/C11H17FN2O3/c1-15-7-4-5-8(9(12)6-7)10(14-13)11(16-2)17-3/h4-6,10-11,14H,13H2,1-3H3. The van der Waals surface area contributed by atoms with Gasteiger partial charge in [-0.1, -0.05) is 6.07 Å². The van der Waals surface area contributed by atoms with E-state index in [1.807, 2.05) is 0 Å². The van der Waals surface area contributed by atoms with Gasteiger partial charge >= 0.3 is 0 Å². The zero-order valence-electron chi connectivity index (χ0n) is 10.1. The Morgan fingerprint density at radius 2 is 1.88 bits per heavy atom. The van der Waals surface area contributed by atoms with Crippen LogP contribution >= 0.6 is 0 Å². The minimum Gasteiger partial charge on any atom is -0.497 e. The second-order valence-electron chi connectivity index (χ2n) is 3.37. The Labute approximate surface area is 99.6 Å². The van der Waals surface area contributed by atoms with Gasteiger partial charge in [-0.15, -0.1) is 0 Å². The number of methoxy groups -OCH3 is 3. The number of ether oxygens (including phenoxy) is 3. The van der Waals surface area contributed by atoms with Crippen molar-refractivity contribution in [2.75, 3.05) is 21.3 Å². The summed E-state index contributed by atoms with van der Waals surface area (Å²) in [6.45, 7) is 0. The normalized spacial score (nSPS) is 12.8. The van der Waals surface area contributed by atoms with Gasteiger partial charge in [0, 0.05) is 25.8 Å². The number of nitrogens with one attached hydrogen (secondary N) is 1. The number of hydrazine groups is 1. The quantitative estimate of drug-likeness (QED) is 0.443. The Kier molecular flexibility index (Phi) is 5.30. The van der Waals surface area contributed by atoms with Crippen molar-refractivity contribution in [3.05, 3.63) is 29.6 Å². The molecule has 17 heavy (non-hydrogen) atoms. The summed E-state index contributed by atoms with van der Waals surface area (Å²) in [4.78, 5) is 0. The third-order valence-electron chi connectivity index (χ3n) is 2.46. The lowest BCUT2D eigenvalue weighted by atomic mass is 10.1. The van der Waals surface area contributed by atoms with Crippen molar-refractivity contribution in [3.8, 4) is 5.75 Å². The van der Waals surface area contributed by atoms with Crippen molar-refractivity contribution in [1.29, 1.82) is 0 Å². The molecule has 0 aliphatic rings. The lowest BCUT2D eigenvalue weighted by Crippen LogP contribution is -2.39. The van der Waals surface area contributed by atoms with E-state index in [4.69, 9.17) is 20.1 Å². The number of benzene rings is 1. The first-order valence-electron chi connectivity index (χ1n) is 5.03. The summed E-state index contributed by atoms with van der Waals surface area (Å²) in [6, 6.07) is 3.90. The van der Waals surface area contributed by atoms with E-state index in [-0.39, 0.29) is 0 Å². The van der Waals surface area contributed by atoms with Gasteiger partial charge in [0.1, 0.15) is 11.6 Å². The van der Waals surface area contributed by atoms with Crippen LogP contribution in [0.4, 0.5) is 4.39 Å². The van der Waals surface area contributed by atoms with E-state index in [9.17, 15) is 4.39 Å². The Bertz CT molecular complexity index is 359. The summed E-state index contributed by atoms with van der Waals surface area (Å²) in [7, 11) is 4.39. The molecule has 1 aromatic rings. The maximum atomic E-state index is 13.8. The summed E-state index contributed by atoms with van der Waals surface area (Å²) < 4.78 is 28.9. The average Bonchev–Trinajstić information content (AvgIpc) is 2.36. The van der Waals surface area contributed by atoms with Crippen molar-refractivity contribution in [2.24, 2.45) is 5.84 Å². The highest BCUT2D eigenvalue weighted by Crippen LogP contribution is 2.25.